The Kier molecular flexibility index (Phi) is 34.0. The molecule has 10 heteroatoms. The molecule has 55 heavy (non-hydrogen) atoms. The standard InChI is InChI=1S/C45H82O10/c1-3-5-7-9-11-13-15-17-19-21-23-25-27-29-31-33-40(47)52-36-38(37-53-45-44(51)43(50)42(49)39(35-46)55-45)54-41(48)34-32-30-28-26-24-22-20-18-16-14-12-10-8-6-4-2/h21-24,38-39,42-46,49-51H,3-20,25-37H2,1-2H3/b23-21+,24-22+/t38-,39-,42+,43?,44?,45-/m0/s1. The fraction of sp³-hybridized carbons (Fsp3) is 0.867. The Balaban J connectivity index is 2.35. The van der Waals surface area contributed by atoms with Gasteiger partial charge in [-0.05, 0) is 64.2 Å². The molecule has 0 aromatic heterocycles. The van der Waals surface area contributed by atoms with Crippen LogP contribution in [-0.4, -0.2) is 89.0 Å². The molecule has 1 aliphatic rings. The highest BCUT2D eigenvalue weighted by molar-refractivity contribution is 5.70. The van der Waals surface area contributed by atoms with E-state index in [0.29, 0.717) is 12.8 Å². The zero-order valence-corrected chi connectivity index (χ0v) is 34.9. The van der Waals surface area contributed by atoms with Gasteiger partial charge in [0.15, 0.2) is 12.4 Å². The second-order valence-electron chi connectivity index (χ2n) is 15.5. The van der Waals surface area contributed by atoms with Crippen molar-refractivity contribution in [1.29, 1.82) is 0 Å². The third kappa shape index (κ3) is 28.3. The molecular weight excluding hydrogens is 700 g/mol. The van der Waals surface area contributed by atoms with Crippen LogP contribution in [0, 0.1) is 0 Å². The van der Waals surface area contributed by atoms with Crippen LogP contribution in [-0.2, 0) is 28.5 Å². The first-order valence-corrected chi connectivity index (χ1v) is 22.4. The minimum atomic E-state index is -1.60. The van der Waals surface area contributed by atoms with Gasteiger partial charge in [0.25, 0.3) is 0 Å². The average molecular weight is 783 g/mol. The Morgan fingerprint density at radius 3 is 1.42 bits per heavy atom. The van der Waals surface area contributed by atoms with Crippen LogP contribution in [0.4, 0.5) is 0 Å². The van der Waals surface area contributed by atoms with Crippen LogP contribution in [0.3, 0.4) is 0 Å². The molecule has 1 fully saturated rings. The van der Waals surface area contributed by atoms with Crippen LogP contribution in [0.25, 0.3) is 0 Å². The van der Waals surface area contributed by atoms with Crippen molar-refractivity contribution in [2.24, 2.45) is 0 Å². The number of hydrogen-bond acceptors (Lipinski definition) is 10. The van der Waals surface area contributed by atoms with Crippen molar-refractivity contribution >= 4 is 11.9 Å². The first-order chi connectivity index (χ1) is 26.8. The maximum atomic E-state index is 12.7. The summed E-state index contributed by atoms with van der Waals surface area (Å²) in [7, 11) is 0. The van der Waals surface area contributed by atoms with E-state index in [1.165, 1.54) is 103 Å². The highest BCUT2D eigenvalue weighted by Crippen LogP contribution is 2.22. The molecule has 0 spiro atoms. The van der Waals surface area contributed by atoms with Gasteiger partial charge in [-0.3, -0.25) is 9.59 Å². The highest BCUT2D eigenvalue weighted by Gasteiger charge is 2.44. The van der Waals surface area contributed by atoms with Gasteiger partial charge in [-0.1, -0.05) is 141 Å². The van der Waals surface area contributed by atoms with Crippen LogP contribution in [0.2, 0.25) is 0 Å². The van der Waals surface area contributed by atoms with E-state index in [4.69, 9.17) is 18.9 Å². The van der Waals surface area contributed by atoms with Gasteiger partial charge in [0.1, 0.15) is 31.0 Å². The highest BCUT2D eigenvalue weighted by atomic mass is 16.7. The van der Waals surface area contributed by atoms with Crippen molar-refractivity contribution in [2.45, 2.75) is 230 Å². The summed E-state index contributed by atoms with van der Waals surface area (Å²) in [5, 5.41) is 40.0. The van der Waals surface area contributed by atoms with Gasteiger partial charge in [-0.15, -0.1) is 0 Å². The van der Waals surface area contributed by atoms with E-state index in [0.717, 1.165) is 51.4 Å². The van der Waals surface area contributed by atoms with E-state index in [1.807, 2.05) is 0 Å². The number of carbonyl (C=O) groups excluding carboxylic acids is 2. The molecule has 0 aliphatic carbocycles. The summed E-state index contributed by atoms with van der Waals surface area (Å²) >= 11 is 0. The summed E-state index contributed by atoms with van der Waals surface area (Å²) in [6.45, 7) is 3.39. The molecule has 2 unspecified atom stereocenters. The molecule has 0 bridgehead atoms. The Morgan fingerprint density at radius 1 is 0.545 bits per heavy atom. The predicted octanol–water partition coefficient (Wildman–Crippen LogP) is 9.33. The molecule has 0 aromatic carbocycles. The summed E-state index contributed by atoms with van der Waals surface area (Å²) in [5.41, 5.74) is 0. The SMILES string of the molecule is CCCCCCCCCC/C=C/CCCCCC(=O)OC[C@@H](CO[C@H]1O[C@@H](CO)[C@@H](O)C(O)C1O)OC(=O)CCCCC/C=C/CCCCCCCCCC. The fourth-order valence-electron chi connectivity index (χ4n) is 6.71. The van der Waals surface area contributed by atoms with Crippen molar-refractivity contribution in [3.05, 3.63) is 24.3 Å². The molecule has 1 rings (SSSR count). The summed E-state index contributed by atoms with van der Waals surface area (Å²) in [6.07, 6.45) is 31.8. The first-order valence-electron chi connectivity index (χ1n) is 22.4. The van der Waals surface area contributed by atoms with Gasteiger partial charge in [-0.2, -0.15) is 0 Å². The Bertz CT molecular complexity index is 954. The van der Waals surface area contributed by atoms with Crippen LogP contribution >= 0.6 is 0 Å². The van der Waals surface area contributed by atoms with E-state index in [2.05, 4.69) is 38.2 Å². The van der Waals surface area contributed by atoms with Crippen molar-refractivity contribution in [2.75, 3.05) is 19.8 Å². The summed E-state index contributed by atoms with van der Waals surface area (Å²) in [5.74, 6) is -0.839. The number of ether oxygens (including phenoxy) is 4. The maximum absolute atomic E-state index is 12.7. The number of rotatable bonds is 37. The molecule has 1 saturated heterocycles. The molecular formula is C45H82O10. The summed E-state index contributed by atoms with van der Waals surface area (Å²) < 4.78 is 22.1. The molecule has 0 radical (unpaired) electrons. The van der Waals surface area contributed by atoms with E-state index in [9.17, 15) is 30.0 Å². The monoisotopic (exact) mass is 783 g/mol. The molecule has 1 aliphatic heterocycles. The molecule has 10 nitrogen and oxygen atoms in total. The number of unbranched alkanes of at least 4 members (excludes halogenated alkanes) is 22. The third-order valence-electron chi connectivity index (χ3n) is 10.3. The lowest BCUT2D eigenvalue weighted by atomic mass is 9.99. The smallest absolute Gasteiger partial charge is 0.306 e. The molecule has 6 atom stereocenters. The van der Waals surface area contributed by atoms with Crippen molar-refractivity contribution in [3.8, 4) is 0 Å². The minimum Gasteiger partial charge on any atom is -0.462 e. The largest absolute Gasteiger partial charge is 0.462 e. The number of aliphatic hydroxyl groups excluding tert-OH is 4. The number of allylic oxidation sites excluding steroid dienone is 4. The van der Waals surface area contributed by atoms with Gasteiger partial charge in [0, 0.05) is 12.8 Å². The number of hydrogen-bond donors (Lipinski definition) is 4. The second-order valence-corrected chi connectivity index (χ2v) is 15.5. The van der Waals surface area contributed by atoms with E-state index < -0.39 is 55.4 Å². The van der Waals surface area contributed by atoms with Gasteiger partial charge >= 0.3 is 11.9 Å². The zero-order valence-electron chi connectivity index (χ0n) is 34.9. The van der Waals surface area contributed by atoms with Crippen LogP contribution < -0.4 is 0 Å². The Hall–Kier alpha value is -1.82. The molecule has 322 valence electrons. The topological polar surface area (TPSA) is 152 Å². The molecule has 1 heterocycles. The molecule has 0 saturated carbocycles. The lowest BCUT2D eigenvalue weighted by Gasteiger charge is -2.39. The van der Waals surface area contributed by atoms with Gasteiger partial charge in [0.05, 0.1) is 13.2 Å². The quantitative estimate of drug-likeness (QED) is 0.0273. The number of aliphatic hydroxyl groups is 4. The third-order valence-corrected chi connectivity index (χ3v) is 10.3. The number of carbonyl (C=O) groups is 2. The normalized spacial score (nSPS) is 20.7. The van der Waals surface area contributed by atoms with E-state index in [-0.39, 0.29) is 26.1 Å². The van der Waals surface area contributed by atoms with Gasteiger partial charge in [-0.25, -0.2) is 0 Å². The van der Waals surface area contributed by atoms with Crippen LogP contribution in [0.15, 0.2) is 24.3 Å². The molecule has 0 aromatic rings. The average Bonchev–Trinajstić information content (AvgIpc) is 3.18. The van der Waals surface area contributed by atoms with Crippen molar-refractivity contribution in [3.63, 3.8) is 0 Å². The zero-order chi connectivity index (χ0) is 40.2. The van der Waals surface area contributed by atoms with Gasteiger partial charge < -0.3 is 39.4 Å². The van der Waals surface area contributed by atoms with E-state index in [1.54, 1.807) is 0 Å². The lowest BCUT2D eigenvalue weighted by molar-refractivity contribution is -0.305. The van der Waals surface area contributed by atoms with Crippen molar-refractivity contribution < 1.29 is 49.0 Å². The number of esters is 2. The van der Waals surface area contributed by atoms with Gasteiger partial charge in [0.2, 0.25) is 0 Å². The molecule has 4 N–H and O–H groups in total. The van der Waals surface area contributed by atoms with Crippen LogP contribution in [0.1, 0.15) is 194 Å². The predicted molar refractivity (Wildman–Crippen MR) is 219 cm³/mol. The Labute approximate surface area is 334 Å². The first kappa shape index (κ1) is 51.2. The maximum Gasteiger partial charge on any atom is 0.306 e. The lowest BCUT2D eigenvalue weighted by Crippen LogP contribution is -2.59. The van der Waals surface area contributed by atoms with Crippen molar-refractivity contribution in [1.82, 2.24) is 0 Å². The van der Waals surface area contributed by atoms with E-state index >= 15 is 0 Å². The fourth-order valence-corrected chi connectivity index (χ4v) is 6.71. The minimum absolute atomic E-state index is 0.208. The summed E-state index contributed by atoms with van der Waals surface area (Å²) in [6, 6.07) is 0. The Morgan fingerprint density at radius 2 is 0.964 bits per heavy atom. The second kappa shape index (κ2) is 36.5. The van der Waals surface area contributed by atoms with Crippen LogP contribution in [0.5, 0.6) is 0 Å². The molecule has 0 amide bonds. The summed E-state index contributed by atoms with van der Waals surface area (Å²) in [4.78, 5) is 25.3.